The Morgan fingerprint density at radius 3 is 2.60 bits per heavy atom. The molecule has 0 fully saturated rings. The highest BCUT2D eigenvalue weighted by Gasteiger charge is 1.97. The second-order valence-corrected chi connectivity index (χ2v) is 2.73. The van der Waals surface area contributed by atoms with Crippen molar-refractivity contribution in [1.29, 1.82) is 0 Å². The molecule has 0 saturated carbocycles. The van der Waals surface area contributed by atoms with E-state index in [4.69, 9.17) is 15.6 Å². The average Bonchev–Trinajstić information content (AvgIpc) is 2.28. The molecule has 0 saturated heterocycles. The summed E-state index contributed by atoms with van der Waals surface area (Å²) >= 11 is 0. The summed E-state index contributed by atoms with van der Waals surface area (Å²) in [4.78, 5) is 0. The Bertz CT molecular complexity index is 274. The average molecular weight is 209 g/mol. The van der Waals surface area contributed by atoms with E-state index in [-0.39, 0.29) is 6.61 Å². The molecule has 0 aliphatic carbocycles. The van der Waals surface area contributed by atoms with Gasteiger partial charge in [0.2, 0.25) is 0 Å². The van der Waals surface area contributed by atoms with E-state index in [0.717, 1.165) is 11.3 Å². The first-order chi connectivity index (χ1) is 7.29. The maximum atomic E-state index is 7.57. The van der Waals surface area contributed by atoms with Crippen LogP contribution in [0, 0.1) is 0 Å². The van der Waals surface area contributed by atoms with Crippen LogP contribution in [0.15, 0.2) is 36.9 Å². The number of rotatable bonds is 4. The first kappa shape index (κ1) is 13.7. The molecule has 1 aromatic carbocycles. The Morgan fingerprint density at radius 1 is 1.47 bits per heavy atom. The van der Waals surface area contributed by atoms with Crippen LogP contribution in [0.2, 0.25) is 0 Å². The summed E-state index contributed by atoms with van der Waals surface area (Å²) in [6.45, 7) is 6.54. The minimum absolute atomic E-state index is 0.250. The van der Waals surface area contributed by atoms with Crippen LogP contribution in [0.3, 0.4) is 0 Å². The zero-order valence-corrected chi connectivity index (χ0v) is 9.15. The third-order valence-corrected chi connectivity index (χ3v) is 1.55. The van der Waals surface area contributed by atoms with Gasteiger partial charge in [-0.3, -0.25) is 0 Å². The van der Waals surface area contributed by atoms with E-state index in [1.54, 1.807) is 13.0 Å². The lowest BCUT2D eigenvalue weighted by atomic mass is 10.2. The van der Waals surface area contributed by atoms with Gasteiger partial charge in [0.15, 0.2) is 0 Å². The molecule has 0 atom stereocenters. The van der Waals surface area contributed by atoms with E-state index in [1.165, 1.54) is 0 Å². The molecule has 0 aromatic heterocycles. The standard InChI is InChI=1S/C10H13NO.C2H6O/c1-2-7-12-10-6-4-3-5-9(10)8-11;1-2-3/h2-6H,1,7-8,11H2;3H,2H2,1H3. The minimum Gasteiger partial charge on any atom is -0.489 e. The molecule has 1 aromatic rings. The summed E-state index contributed by atoms with van der Waals surface area (Å²) in [6, 6.07) is 7.74. The van der Waals surface area contributed by atoms with Crippen molar-refractivity contribution < 1.29 is 9.84 Å². The quantitative estimate of drug-likeness (QED) is 0.742. The van der Waals surface area contributed by atoms with Crippen LogP contribution in [0.25, 0.3) is 0 Å². The summed E-state index contributed by atoms with van der Waals surface area (Å²) in [6.07, 6.45) is 1.72. The molecule has 0 aliphatic heterocycles. The van der Waals surface area contributed by atoms with Crippen LogP contribution >= 0.6 is 0 Å². The van der Waals surface area contributed by atoms with E-state index < -0.39 is 0 Å². The van der Waals surface area contributed by atoms with Crippen molar-refractivity contribution in [2.45, 2.75) is 13.5 Å². The lowest BCUT2D eigenvalue weighted by Gasteiger charge is -2.07. The van der Waals surface area contributed by atoms with Crippen molar-refractivity contribution >= 4 is 0 Å². The first-order valence-corrected chi connectivity index (χ1v) is 4.92. The molecule has 0 aliphatic rings. The lowest BCUT2D eigenvalue weighted by molar-refractivity contribution is 0.318. The van der Waals surface area contributed by atoms with Crippen molar-refractivity contribution in [3.8, 4) is 5.75 Å². The molecule has 3 heteroatoms. The maximum absolute atomic E-state index is 7.57. The van der Waals surface area contributed by atoms with Crippen molar-refractivity contribution in [3.05, 3.63) is 42.5 Å². The zero-order chi connectivity index (χ0) is 11.5. The third-order valence-electron chi connectivity index (χ3n) is 1.55. The van der Waals surface area contributed by atoms with E-state index in [9.17, 15) is 0 Å². The van der Waals surface area contributed by atoms with Crippen LogP contribution in [0.1, 0.15) is 12.5 Å². The van der Waals surface area contributed by atoms with Crippen molar-refractivity contribution in [3.63, 3.8) is 0 Å². The highest BCUT2D eigenvalue weighted by Crippen LogP contribution is 2.16. The SMILES string of the molecule is C=CCOc1ccccc1CN.CCO. The van der Waals surface area contributed by atoms with E-state index in [1.807, 2.05) is 24.3 Å². The Morgan fingerprint density at radius 2 is 2.07 bits per heavy atom. The Hall–Kier alpha value is -1.32. The van der Waals surface area contributed by atoms with Gasteiger partial charge in [-0.2, -0.15) is 0 Å². The number of hydrogen-bond donors (Lipinski definition) is 2. The molecule has 0 radical (unpaired) electrons. The summed E-state index contributed by atoms with van der Waals surface area (Å²) in [5.41, 5.74) is 6.54. The fraction of sp³-hybridized carbons (Fsp3) is 0.333. The van der Waals surface area contributed by atoms with Crippen LogP contribution in [0.5, 0.6) is 5.75 Å². The molecule has 3 nitrogen and oxygen atoms in total. The lowest BCUT2D eigenvalue weighted by Crippen LogP contribution is -2.01. The van der Waals surface area contributed by atoms with Gasteiger partial charge in [-0.25, -0.2) is 0 Å². The number of aliphatic hydroxyl groups excluding tert-OH is 1. The number of para-hydroxylation sites is 1. The van der Waals surface area contributed by atoms with Gasteiger partial charge in [0.05, 0.1) is 0 Å². The first-order valence-electron chi connectivity index (χ1n) is 4.92. The molecular formula is C12H19NO2. The molecule has 84 valence electrons. The highest BCUT2D eigenvalue weighted by molar-refractivity contribution is 5.33. The van der Waals surface area contributed by atoms with Gasteiger partial charge in [-0.15, -0.1) is 0 Å². The van der Waals surface area contributed by atoms with Crippen LogP contribution in [-0.2, 0) is 6.54 Å². The topological polar surface area (TPSA) is 55.5 Å². The normalized spacial score (nSPS) is 8.73. The molecule has 0 bridgehead atoms. The summed E-state index contributed by atoms with van der Waals surface area (Å²) in [5.74, 6) is 0.847. The van der Waals surface area contributed by atoms with Crippen molar-refractivity contribution in [2.24, 2.45) is 5.73 Å². The minimum atomic E-state index is 0.250. The Kier molecular flexibility index (Phi) is 8.43. The maximum Gasteiger partial charge on any atom is 0.124 e. The molecule has 15 heavy (non-hydrogen) atoms. The van der Waals surface area contributed by atoms with Crippen LogP contribution in [-0.4, -0.2) is 18.3 Å². The molecule has 0 amide bonds. The molecule has 3 N–H and O–H groups in total. The predicted molar refractivity (Wildman–Crippen MR) is 62.8 cm³/mol. The fourth-order valence-electron chi connectivity index (χ4n) is 0.962. The zero-order valence-electron chi connectivity index (χ0n) is 9.15. The van der Waals surface area contributed by atoms with Gasteiger partial charge >= 0.3 is 0 Å². The number of nitrogens with two attached hydrogens (primary N) is 1. The van der Waals surface area contributed by atoms with Gasteiger partial charge < -0.3 is 15.6 Å². The third kappa shape index (κ3) is 5.88. The molecule has 0 unspecified atom stereocenters. The molecule has 1 rings (SSSR count). The Labute approximate surface area is 91.2 Å². The Balaban J connectivity index is 0.000000583. The summed E-state index contributed by atoms with van der Waals surface area (Å²) in [5, 5.41) is 7.57. The number of ether oxygens (including phenoxy) is 1. The van der Waals surface area contributed by atoms with Gasteiger partial charge in [-0.05, 0) is 13.0 Å². The van der Waals surface area contributed by atoms with Gasteiger partial charge in [0, 0.05) is 18.7 Å². The van der Waals surface area contributed by atoms with E-state index >= 15 is 0 Å². The van der Waals surface area contributed by atoms with Crippen LogP contribution < -0.4 is 10.5 Å². The van der Waals surface area contributed by atoms with Crippen molar-refractivity contribution in [2.75, 3.05) is 13.2 Å². The number of hydrogen-bond acceptors (Lipinski definition) is 3. The largest absolute Gasteiger partial charge is 0.489 e. The fourth-order valence-corrected chi connectivity index (χ4v) is 0.962. The molecular weight excluding hydrogens is 190 g/mol. The number of benzene rings is 1. The van der Waals surface area contributed by atoms with E-state index in [0.29, 0.717) is 13.2 Å². The number of aliphatic hydroxyl groups is 1. The second-order valence-electron chi connectivity index (χ2n) is 2.73. The predicted octanol–water partition coefficient (Wildman–Crippen LogP) is 1.71. The summed E-state index contributed by atoms with van der Waals surface area (Å²) < 4.78 is 5.38. The second kappa shape index (κ2) is 9.24. The van der Waals surface area contributed by atoms with Gasteiger partial charge in [0.1, 0.15) is 12.4 Å². The smallest absolute Gasteiger partial charge is 0.124 e. The summed E-state index contributed by atoms with van der Waals surface area (Å²) in [7, 11) is 0. The van der Waals surface area contributed by atoms with Crippen molar-refractivity contribution in [1.82, 2.24) is 0 Å². The van der Waals surface area contributed by atoms with Gasteiger partial charge in [0.25, 0.3) is 0 Å². The monoisotopic (exact) mass is 209 g/mol. The molecule has 0 spiro atoms. The highest BCUT2D eigenvalue weighted by atomic mass is 16.5. The molecule has 0 heterocycles. The van der Waals surface area contributed by atoms with Crippen LogP contribution in [0.4, 0.5) is 0 Å². The van der Waals surface area contributed by atoms with Gasteiger partial charge in [-0.1, -0.05) is 30.9 Å². The van der Waals surface area contributed by atoms with E-state index in [2.05, 4.69) is 6.58 Å².